The minimum atomic E-state index is 0.0836. The first-order valence-electron chi connectivity index (χ1n) is 6.93. The van der Waals surface area contributed by atoms with Crippen LogP contribution in [0, 0.1) is 13.8 Å². The van der Waals surface area contributed by atoms with E-state index in [9.17, 15) is 5.11 Å². The van der Waals surface area contributed by atoms with Crippen LogP contribution >= 0.6 is 0 Å². The first-order valence-corrected chi connectivity index (χ1v) is 6.93. The minimum absolute atomic E-state index is 0.0836. The third-order valence-corrected chi connectivity index (χ3v) is 4.01. The van der Waals surface area contributed by atoms with Gasteiger partial charge in [-0.05, 0) is 36.6 Å². The highest BCUT2D eigenvalue weighted by molar-refractivity contribution is 5.84. The standard InChI is InChI=1S/C18H19NO/c1-13-6-5-7-14(2)17(13)11-19-10-15(12-20)16-8-3-4-9-18(16)19/h3-10,20H,11-12H2,1-2H3. The molecule has 102 valence electrons. The highest BCUT2D eigenvalue weighted by Gasteiger charge is 2.09. The summed E-state index contributed by atoms with van der Waals surface area (Å²) in [6.45, 7) is 5.24. The molecule has 3 aromatic rings. The minimum Gasteiger partial charge on any atom is -0.392 e. The highest BCUT2D eigenvalue weighted by Crippen LogP contribution is 2.24. The Hall–Kier alpha value is -2.06. The summed E-state index contributed by atoms with van der Waals surface area (Å²) in [7, 11) is 0. The van der Waals surface area contributed by atoms with E-state index in [0.717, 1.165) is 17.5 Å². The van der Waals surface area contributed by atoms with Crippen LogP contribution in [-0.2, 0) is 13.2 Å². The van der Waals surface area contributed by atoms with Crippen molar-refractivity contribution in [3.8, 4) is 0 Å². The van der Waals surface area contributed by atoms with Crippen molar-refractivity contribution in [2.24, 2.45) is 0 Å². The molecule has 0 saturated carbocycles. The van der Waals surface area contributed by atoms with E-state index in [1.54, 1.807) is 0 Å². The number of para-hydroxylation sites is 1. The van der Waals surface area contributed by atoms with E-state index in [4.69, 9.17) is 0 Å². The van der Waals surface area contributed by atoms with Gasteiger partial charge in [-0.3, -0.25) is 0 Å². The maximum absolute atomic E-state index is 9.51. The number of aromatic nitrogens is 1. The Labute approximate surface area is 119 Å². The lowest BCUT2D eigenvalue weighted by Crippen LogP contribution is -2.02. The van der Waals surface area contributed by atoms with Gasteiger partial charge in [0.1, 0.15) is 0 Å². The number of aliphatic hydroxyl groups is 1. The fourth-order valence-electron chi connectivity index (χ4n) is 2.85. The molecule has 0 radical (unpaired) electrons. The number of nitrogens with zero attached hydrogens (tertiary/aromatic N) is 1. The molecule has 2 aromatic carbocycles. The third kappa shape index (κ3) is 2.12. The highest BCUT2D eigenvalue weighted by atomic mass is 16.3. The molecule has 0 aliphatic heterocycles. The van der Waals surface area contributed by atoms with Gasteiger partial charge in [-0.15, -0.1) is 0 Å². The molecular formula is C18H19NO. The molecular weight excluding hydrogens is 246 g/mol. The molecule has 1 heterocycles. The fraction of sp³-hybridized carbons (Fsp3) is 0.222. The number of benzene rings is 2. The molecule has 0 amide bonds. The van der Waals surface area contributed by atoms with E-state index in [-0.39, 0.29) is 6.61 Å². The topological polar surface area (TPSA) is 25.2 Å². The van der Waals surface area contributed by atoms with Crippen LogP contribution in [0.2, 0.25) is 0 Å². The van der Waals surface area contributed by atoms with Crippen molar-refractivity contribution in [3.05, 3.63) is 70.9 Å². The second-order valence-corrected chi connectivity index (χ2v) is 5.33. The summed E-state index contributed by atoms with van der Waals surface area (Å²) < 4.78 is 2.23. The molecule has 3 rings (SSSR count). The van der Waals surface area contributed by atoms with Crippen LogP contribution < -0.4 is 0 Å². The molecule has 0 aliphatic carbocycles. The van der Waals surface area contributed by atoms with Crippen LogP contribution in [-0.4, -0.2) is 9.67 Å². The lowest BCUT2D eigenvalue weighted by molar-refractivity contribution is 0.283. The molecule has 0 spiro atoms. The van der Waals surface area contributed by atoms with Crippen molar-refractivity contribution < 1.29 is 5.11 Å². The number of hydrogen-bond donors (Lipinski definition) is 1. The van der Waals surface area contributed by atoms with E-state index >= 15 is 0 Å². The van der Waals surface area contributed by atoms with Crippen molar-refractivity contribution >= 4 is 10.9 Å². The summed E-state index contributed by atoms with van der Waals surface area (Å²) in [4.78, 5) is 0. The van der Waals surface area contributed by atoms with Crippen molar-refractivity contribution in [3.63, 3.8) is 0 Å². The van der Waals surface area contributed by atoms with Gasteiger partial charge in [-0.25, -0.2) is 0 Å². The van der Waals surface area contributed by atoms with E-state index in [0.29, 0.717) is 0 Å². The summed E-state index contributed by atoms with van der Waals surface area (Å²) >= 11 is 0. The molecule has 0 atom stereocenters. The average molecular weight is 265 g/mol. The van der Waals surface area contributed by atoms with E-state index in [1.165, 1.54) is 22.2 Å². The largest absolute Gasteiger partial charge is 0.392 e. The first kappa shape index (κ1) is 12.9. The van der Waals surface area contributed by atoms with Gasteiger partial charge in [-0.2, -0.15) is 0 Å². The Bertz CT molecular complexity index is 735. The molecule has 1 aromatic heterocycles. The van der Waals surface area contributed by atoms with Gasteiger partial charge in [0.2, 0.25) is 0 Å². The van der Waals surface area contributed by atoms with Crippen LogP contribution in [0.4, 0.5) is 0 Å². The van der Waals surface area contributed by atoms with Gasteiger partial charge in [0, 0.05) is 29.2 Å². The number of aliphatic hydroxyl groups excluding tert-OH is 1. The number of fused-ring (bicyclic) bond motifs is 1. The molecule has 0 unspecified atom stereocenters. The van der Waals surface area contributed by atoms with Crippen molar-refractivity contribution in [2.75, 3.05) is 0 Å². The van der Waals surface area contributed by atoms with E-state index in [1.807, 2.05) is 12.1 Å². The van der Waals surface area contributed by atoms with E-state index < -0.39 is 0 Å². The Kier molecular flexibility index (Phi) is 3.33. The monoisotopic (exact) mass is 265 g/mol. The summed E-state index contributed by atoms with van der Waals surface area (Å²) in [5, 5.41) is 10.7. The van der Waals surface area contributed by atoms with Crippen LogP contribution in [0.3, 0.4) is 0 Å². The predicted molar refractivity (Wildman–Crippen MR) is 82.9 cm³/mol. The van der Waals surface area contributed by atoms with Crippen LogP contribution in [0.5, 0.6) is 0 Å². The maximum Gasteiger partial charge on any atom is 0.0702 e. The van der Waals surface area contributed by atoms with Gasteiger partial charge < -0.3 is 9.67 Å². The molecule has 2 nitrogen and oxygen atoms in total. The number of rotatable bonds is 3. The average Bonchev–Trinajstić information content (AvgIpc) is 2.81. The van der Waals surface area contributed by atoms with Gasteiger partial charge in [0.25, 0.3) is 0 Å². The number of aryl methyl sites for hydroxylation is 2. The Balaban J connectivity index is 2.12. The predicted octanol–water partition coefficient (Wildman–Crippen LogP) is 3.80. The smallest absolute Gasteiger partial charge is 0.0702 e. The molecule has 0 bridgehead atoms. The van der Waals surface area contributed by atoms with Crippen LogP contribution in [0.25, 0.3) is 10.9 Å². The summed E-state index contributed by atoms with van der Waals surface area (Å²) in [6, 6.07) is 14.7. The molecule has 0 aliphatic rings. The van der Waals surface area contributed by atoms with Gasteiger partial charge in [-0.1, -0.05) is 36.4 Å². The summed E-state index contributed by atoms with van der Waals surface area (Å²) in [6.07, 6.45) is 2.07. The normalized spacial score (nSPS) is 11.2. The molecule has 0 saturated heterocycles. The second kappa shape index (κ2) is 5.14. The fourth-order valence-corrected chi connectivity index (χ4v) is 2.85. The Morgan fingerprint density at radius 1 is 0.950 bits per heavy atom. The molecule has 0 fully saturated rings. The van der Waals surface area contributed by atoms with Crippen molar-refractivity contribution in [2.45, 2.75) is 27.0 Å². The number of hydrogen-bond acceptors (Lipinski definition) is 1. The van der Waals surface area contributed by atoms with Crippen molar-refractivity contribution in [1.82, 2.24) is 4.57 Å². The van der Waals surface area contributed by atoms with Crippen molar-refractivity contribution in [1.29, 1.82) is 0 Å². The van der Waals surface area contributed by atoms with Crippen LogP contribution in [0.1, 0.15) is 22.3 Å². The summed E-state index contributed by atoms with van der Waals surface area (Å²) in [5.41, 5.74) is 6.16. The second-order valence-electron chi connectivity index (χ2n) is 5.33. The molecule has 2 heteroatoms. The third-order valence-electron chi connectivity index (χ3n) is 4.01. The molecule has 20 heavy (non-hydrogen) atoms. The van der Waals surface area contributed by atoms with Gasteiger partial charge >= 0.3 is 0 Å². The van der Waals surface area contributed by atoms with E-state index in [2.05, 4.69) is 54.9 Å². The summed E-state index contributed by atoms with van der Waals surface area (Å²) in [5.74, 6) is 0. The van der Waals surface area contributed by atoms with Crippen LogP contribution in [0.15, 0.2) is 48.7 Å². The maximum atomic E-state index is 9.51. The quantitative estimate of drug-likeness (QED) is 0.765. The zero-order valence-corrected chi connectivity index (χ0v) is 11.9. The zero-order chi connectivity index (χ0) is 14.1. The SMILES string of the molecule is Cc1cccc(C)c1Cn1cc(CO)c2ccccc21. The molecule has 1 N–H and O–H groups in total. The first-order chi connectivity index (χ1) is 9.70. The van der Waals surface area contributed by atoms with Gasteiger partial charge in [0.05, 0.1) is 6.61 Å². The lowest BCUT2D eigenvalue weighted by atomic mass is 10.0. The zero-order valence-electron chi connectivity index (χ0n) is 11.9. The Morgan fingerprint density at radius 2 is 1.65 bits per heavy atom. The Morgan fingerprint density at radius 3 is 2.35 bits per heavy atom. The lowest BCUT2D eigenvalue weighted by Gasteiger charge is -2.11. The van der Waals surface area contributed by atoms with Gasteiger partial charge in [0.15, 0.2) is 0 Å².